The smallest absolute Gasteiger partial charge is 0.272 e. The number of fused-ring (bicyclic) bond motifs is 1. The molecule has 0 bridgehead atoms. The van der Waals surface area contributed by atoms with Crippen LogP contribution in [-0.4, -0.2) is 57.8 Å². The van der Waals surface area contributed by atoms with E-state index in [1.165, 1.54) is 6.39 Å². The fourth-order valence-corrected chi connectivity index (χ4v) is 3.11. The Morgan fingerprint density at radius 3 is 2.58 bits per heavy atom. The molecule has 0 saturated carbocycles. The molecule has 1 aromatic carbocycles. The summed E-state index contributed by atoms with van der Waals surface area (Å²) in [6.45, 7) is 2.09. The Morgan fingerprint density at radius 1 is 1.00 bits per heavy atom. The van der Waals surface area contributed by atoms with Gasteiger partial charge in [-0.2, -0.15) is 0 Å². The lowest BCUT2D eigenvalue weighted by Gasteiger charge is -2.34. The van der Waals surface area contributed by atoms with Gasteiger partial charge in [0.2, 0.25) is 5.91 Å². The summed E-state index contributed by atoms with van der Waals surface area (Å²) >= 11 is 0. The molecule has 0 unspecified atom stereocenters. The van der Waals surface area contributed by atoms with Gasteiger partial charge < -0.3 is 14.2 Å². The van der Waals surface area contributed by atoms with E-state index in [4.69, 9.17) is 4.42 Å². The highest BCUT2D eigenvalue weighted by Crippen LogP contribution is 2.16. The molecule has 3 heterocycles. The van der Waals surface area contributed by atoms with Crippen molar-refractivity contribution in [3.05, 3.63) is 60.2 Å². The molecule has 1 fully saturated rings. The number of nitrogens with zero attached hydrogens (tertiary/aromatic N) is 4. The summed E-state index contributed by atoms with van der Waals surface area (Å²) in [5, 5.41) is 0. The van der Waals surface area contributed by atoms with Gasteiger partial charge in [-0.1, -0.05) is 12.1 Å². The van der Waals surface area contributed by atoms with Gasteiger partial charge in [-0.15, -0.1) is 0 Å². The molecule has 1 saturated heterocycles. The predicted octanol–water partition coefficient (Wildman–Crippen LogP) is 1.75. The summed E-state index contributed by atoms with van der Waals surface area (Å²) < 4.78 is 5.28. The van der Waals surface area contributed by atoms with Crippen LogP contribution in [0.2, 0.25) is 0 Å². The first kappa shape index (κ1) is 16.3. The van der Waals surface area contributed by atoms with Crippen molar-refractivity contribution in [1.82, 2.24) is 19.8 Å². The van der Waals surface area contributed by atoms with Gasteiger partial charge in [0.25, 0.3) is 5.91 Å². The number of aromatic nitrogens is 2. The molecule has 26 heavy (non-hydrogen) atoms. The van der Waals surface area contributed by atoms with Crippen LogP contribution in [0.4, 0.5) is 0 Å². The maximum Gasteiger partial charge on any atom is 0.272 e. The highest BCUT2D eigenvalue weighted by atomic mass is 16.3. The Bertz CT molecular complexity index is 930. The zero-order valence-electron chi connectivity index (χ0n) is 14.2. The summed E-state index contributed by atoms with van der Waals surface area (Å²) in [7, 11) is 0. The molecule has 0 spiro atoms. The molecule has 0 atom stereocenters. The van der Waals surface area contributed by atoms with Crippen molar-refractivity contribution in [1.29, 1.82) is 0 Å². The fraction of sp³-hybridized carbons (Fsp3) is 0.263. The predicted molar refractivity (Wildman–Crippen MR) is 94.4 cm³/mol. The van der Waals surface area contributed by atoms with Crippen LogP contribution < -0.4 is 0 Å². The van der Waals surface area contributed by atoms with Crippen LogP contribution in [0.1, 0.15) is 16.1 Å². The normalized spacial score (nSPS) is 14.6. The highest BCUT2D eigenvalue weighted by molar-refractivity contribution is 5.92. The lowest BCUT2D eigenvalue weighted by atomic mass is 10.1. The van der Waals surface area contributed by atoms with Crippen molar-refractivity contribution in [3.63, 3.8) is 0 Å². The Kier molecular flexibility index (Phi) is 4.35. The number of benzene rings is 1. The first-order valence-corrected chi connectivity index (χ1v) is 8.51. The number of oxazole rings is 1. The highest BCUT2D eigenvalue weighted by Gasteiger charge is 2.25. The van der Waals surface area contributed by atoms with Crippen molar-refractivity contribution in [3.8, 4) is 0 Å². The first-order valence-electron chi connectivity index (χ1n) is 8.51. The Hall–Kier alpha value is -3.22. The standard InChI is InChI=1S/C19H18N4O3/c24-18(12-14-4-5-15-17(11-14)26-13-21-15)22-7-9-23(10-8-22)19(25)16-3-1-2-6-20-16/h1-6,11,13H,7-10,12H2. The van der Waals surface area contributed by atoms with Crippen LogP contribution in [0.5, 0.6) is 0 Å². The summed E-state index contributed by atoms with van der Waals surface area (Å²) in [6, 6.07) is 10.9. The molecular weight excluding hydrogens is 332 g/mol. The van der Waals surface area contributed by atoms with E-state index in [1.807, 2.05) is 18.2 Å². The molecule has 0 N–H and O–H groups in total. The minimum Gasteiger partial charge on any atom is -0.443 e. The lowest BCUT2D eigenvalue weighted by Crippen LogP contribution is -2.51. The van der Waals surface area contributed by atoms with Crippen molar-refractivity contribution in [2.45, 2.75) is 6.42 Å². The van der Waals surface area contributed by atoms with Crippen molar-refractivity contribution < 1.29 is 14.0 Å². The molecule has 132 valence electrons. The number of rotatable bonds is 3. The van der Waals surface area contributed by atoms with Gasteiger partial charge in [-0.05, 0) is 29.8 Å². The van der Waals surface area contributed by atoms with Crippen LogP contribution in [0.25, 0.3) is 11.1 Å². The second kappa shape index (κ2) is 6.95. The van der Waals surface area contributed by atoms with Crippen LogP contribution in [0, 0.1) is 0 Å². The number of hydrogen-bond donors (Lipinski definition) is 0. The summed E-state index contributed by atoms with van der Waals surface area (Å²) in [4.78, 5) is 36.7. The van der Waals surface area contributed by atoms with E-state index < -0.39 is 0 Å². The molecule has 7 heteroatoms. The number of carbonyl (C=O) groups is 2. The minimum absolute atomic E-state index is 0.0498. The van der Waals surface area contributed by atoms with Crippen LogP contribution >= 0.6 is 0 Å². The quantitative estimate of drug-likeness (QED) is 0.719. The molecule has 1 aliphatic heterocycles. The molecule has 0 aliphatic carbocycles. The second-order valence-corrected chi connectivity index (χ2v) is 6.22. The molecule has 2 amide bonds. The minimum atomic E-state index is -0.0894. The Balaban J connectivity index is 1.35. The number of carbonyl (C=O) groups excluding carboxylic acids is 2. The largest absolute Gasteiger partial charge is 0.443 e. The molecule has 0 radical (unpaired) electrons. The number of hydrogen-bond acceptors (Lipinski definition) is 5. The van der Waals surface area contributed by atoms with E-state index in [0.717, 1.165) is 11.1 Å². The number of piperazine rings is 1. The van der Waals surface area contributed by atoms with Crippen molar-refractivity contribution >= 4 is 22.9 Å². The number of amides is 2. The van der Waals surface area contributed by atoms with Gasteiger partial charge in [0.05, 0.1) is 6.42 Å². The van der Waals surface area contributed by atoms with Crippen molar-refractivity contribution in [2.24, 2.45) is 0 Å². The summed E-state index contributed by atoms with van der Waals surface area (Å²) in [5.41, 5.74) is 2.79. The van der Waals surface area contributed by atoms with Crippen LogP contribution in [0.3, 0.4) is 0 Å². The molecular formula is C19H18N4O3. The Labute approximate surface area is 150 Å². The monoisotopic (exact) mass is 350 g/mol. The number of pyridine rings is 1. The first-order chi connectivity index (χ1) is 12.7. The van der Waals surface area contributed by atoms with Gasteiger partial charge in [-0.3, -0.25) is 14.6 Å². The van der Waals surface area contributed by atoms with Gasteiger partial charge in [0.1, 0.15) is 11.2 Å². The maximum absolute atomic E-state index is 12.6. The van der Waals surface area contributed by atoms with Gasteiger partial charge >= 0.3 is 0 Å². The maximum atomic E-state index is 12.6. The fourth-order valence-electron chi connectivity index (χ4n) is 3.11. The third-order valence-corrected chi connectivity index (χ3v) is 4.55. The van der Waals surface area contributed by atoms with Crippen LogP contribution in [0.15, 0.2) is 53.4 Å². The molecule has 2 aromatic heterocycles. The zero-order valence-corrected chi connectivity index (χ0v) is 14.2. The topological polar surface area (TPSA) is 79.5 Å². The van der Waals surface area contributed by atoms with E-state index in [2.05, 4.69) is 9.97 Å². The SMILES string of the molecule is O=C(Cc1ccc2ncoc2c1)N1CCN(C(=O)c2ccccn2)CC1. The third-order valence-electron chi connectivity index (χ3n) is 4.55. The second-order valence-electron chi connectivity index (χ2n) is 6.22. The van der Waals surface area contributed by atoms with Gasteiger partial charge in [0, 0.05) is 32.4 Å². The van der Waals surface area contributed by atoms with Gasteiger partial charge in [-0.25, -0.2) is 4.98 Å². The van der Waals surface area contributed by atoms with Crippen LogP contribution in [-0.2, 0) is 11.2 Å². The molecule has 7 nitrogen and oxygen atoms in total. The van der Waals surface area contributed by atoms with Gasteiger partial charge in [0.15, 0.2) is 12.0 Å². The van der Waals surface area contributed by atoms with E-state index in [-0.39, 0.29) is 11.8 Å². The average molecular weight is 350 g/mol. The third kappa shape index (κ3) is 3.28. The zero-order chi connectivity index (χ0) is 17.9. The molecule has 1 aliphatic rings. The average Bonchev–Trinajstić information content (AvgIpc) is 3.16. The summed E-state index contributed by atoms with van der Waals surface area (Å²) in [5.74, 6) is -0.0396. The van der Waals surface area contributed by atoms with E-state index in [1.54, 1.807) is 34.2 Å². The lowest BCUT2D eigenvalue weighted by molar-refractivity contribution is -0.131. The molecule has 4 rings (SSSR count). The van der Waals surface area contributed by atoms with Crippen molar-refractivity contribution in [2.75, 3.05) is 26.2 Å². The molecule has 3 aromatic rings. The van der Waals surface area contributed by atoms with E-state index >= 15 is 0 Å². The Morgan fingerprint density at radius 2 is 1.81 bits per heavy atom. The van der Waals surface area contributed by atoms with E-state index in [0.29, 0.717) is 43.9 Å². The summed E-state index contributed by atoms with van der Waals surface area (Å²) in [6.07, 6.45) is 3.32. The van der Waals surface area contributed by atoms with E-state index in [9.17, 15) is 9.59 Å².